The standard InChI is InChI=1S/C16H23NO2/c1-9-7-10(13(18)15(2,3)4)8-11-12(9)17-14(19)16(11,5)6/h7-8,13,18H,1-6H3,(H,17,19). The molecule has 0 aliphatic carbocycles. The molecule has 19 heavy (non-hydrogen) atoms. The minimum Gasteiger partial charge on any atom is -0.388 e. The van der Waals surface area contributed by atoms with Crippen LogP contribution in [0.5, 0.6) is 0 Å². The van der Waals surface area contributed by atoms with Gasteiger partial charge in [0.05, 0.1) is 11.5 Å². The highest BCUT2D eigenvalue weighted by molar-refractivity contribution is 6.06. The van der Waals surface area contributed by atoms with E-state index in [1.807, 2.05) is 53.7 Å². The van der Waals surface area contributed by atoms with Crippen LogP contribution < -0.4 is 5.32 Å². The molecule has 0 aromatic heterocycles. The Kier molecular flexibility index (Phi) is 3.01. The topological polar surface area (TPSA) is 49.3 Å². The number of amides is 1. The number of aryl methyl sites for hydroxylation is 1. The van der Waals surface area contributed by atoms with Crippen molar-refractivity contribution >= 4 is 11.6 Å². The summed E-state index contributed by atoms with van der Waals surface area (Å²) in [4.78, 5) is 12.0. The molecule has 3 nitrogen and oxygen atoms in total. The Bertz CT molecular complexity index is 538. The number of nitrogens with one attached hydrogen (secondary N) is 1. The number of hydrogen-bond acceptors (Lipinski definition) is 2. The highest BCUT2D eigenvalue weighted by Crippen LogP contribution is 2.43. The molecule has 1 aliphatic rings. The van der Waals surface area contributed by atoms with Gasteiger partial charge in [0.1, 0.15) is 0 Å². The van der Waals surface area contributed by atoms with Gasteiger partial charge in [0.25, 0.3) is 0 Å². The third kappa shape index (κ3) is 2.16. The monoisotopic (exact) mass is 261 g/mol. The van der Waals surface area contributed by atoms with Gasteiger partial charge in [-0.3, -0.25) is 4.79 Å². The molecule has 1 aromatic carbocycles. The fraction of sp³-hybridized carbons (Fsp3) is 0.562. The van der Waals surface area contributed by atoms with E-state index in [1.165, 1.54) is 0 Å². The first-order chi connectivity index (χ1) is 8.55. The Morgan fingerprint density at radius 1 is 1.26 bits per heavy atom. The molecule has 1 heterocycles. The van der Waals surface area contributed by atoms with Crippen LogP contribution >= 0.6 is 0 Å². The molecule has 0 bridgehead atoms. The number of carbonyl (C=O) groups excluding carboxylic acids is 1. The summed E-state index contributed by atoms with van der Waals surface area (Å²) in [5, 5.41) is 13.4. The van der Waals surface area contributed by atoms with Crippen molar-refractivity contribution in [2.24, 2.45) is 5.41 Å². The summed E-state index contributed by atoms with van der Waals surface area (Å²) in [7, 11) is 0. The maximum absolute atomic E-state index is 12.0. The number of rotatable bonds is 1. The first-order valence-corrected chi connectivity index (χ1v) is 6.69. The molecular formula is C16H23NO2. The second-order valence-electron chi connectivity index (χ2n) is 7.11. The van der Waals surface area contributed by atoms with Gasteiger partial charge >= 0.3 is 0 Å². The molecule has 1 amide bonds. The van der Waals surface area contributed by atoms with Crippen molar-refractivity contribution in [2.75, 3.05) is 5.32 Å². The summed E-state index contributed by atoms with van der Waals surface area (Å²) in [6.07, 6.45) is -0.539. The number of aliphatic hydroxyl groups is 1. The van der Waals surface area contributed by atoms with Crippen molar-refractivity contribution in [2.45, 2.75) is 53.1 Å². The molecule has 3 heteroatoms. The van der Waals surface area contributed by atoms with Crippen LogP contribution in [0.2, 0.25) is 0 Å². The summed E-state index contributed by atoms with van der Waals surface area (Å²) >= 11 is 0. The van der Waals surface area contributed by atoms with Gasteiger partial charge in [-0.2, -0.15) is 0 Å². The predicted octanol–water partition coefficient (Wildman–Crippen LogP) is 3.30. The van der Waals surface area contributed by atoms with Gasteiger partial charge in [-0.25, -0.2) is 0 Å². The van der Waals surface area contributed by atoms with E-state index < -0.39 is 11.5 Å². The van der Waals surface area contributed by atoms with E-state index in [-0.39, 0.29) is 11.3 Å². The molecule has 1 aromatic rings. The van der Waals surface area contributed by atoms with E-state index in [0.29, 0.717) is 0 Å². The summed E-state index contributed by atoms with van der Waals surface area (Å²) in [5.74, 6) is 0.0213. The van der Waals surface area contributed by atoms with Crippen molar-refractivity contribution in [3.8, 4) is 0 Å². The normalized spacial score (nSPS) is 19.0. The summed E-state index contributed by atoms with van der Waals surface area (Å²) in [6.45, 7) is 11.8. The first-order valence-electron chi connectivity index (χ1n) is 6.69. The van der Waals surface area contributed by atoms with Gasteiger partial charge in [0, 0.05) is 5.69 Å². The van der Waals surface area contributed by atoms with Crippen molar-refractivity contribution in [1.29, 1.82) is 0 Å². The maximum atomic E-state index is 12.0. The Morgan fingerprint density at radius 3 is 2.37 bits per heavy atom. The molecule has 1 atom stereocenters. The molecule has 104 valence electrons. The summed E-state index contributed by atoms with van der Waals surface area (Å²) in [6, 6.07) is 3.94. The van der Waals surface area contributed by atoms with Crippen LogP contribution in [0.25, 0.3) is 0 Å². The minimum absolute atomic E-state index is 0.0213. The van der Waals surface area contributed by atoms with Crippen LogP contribution in [-0.2, 0) is 10.2 Å². The van der Waals surface area contributed by atoms with Crippen molar-refractivity contribution in [3.05, 3.63) is 28.8 Å². The lowest BCUT2D eigenvalue weighted by molar-refractivity contribution is -0.119. The van der Waals surface area contributed by atoms with Crippen LogP contribution in [0.15, 0.2) is 12.1 Å². The van der Waals surface area contributed by atoms with E-state index >= 15 is 0 Å². The average molecular weight is 261 g/mol. The summed E-state index contributed by atoms with van der Waals surface area (Å²) in [5.41, 5.74) is 3.02. The lowest BCUT2D eigenvalue weighted by Crippen LogP contribution is -2.27. The Morgan fingerprint density at radius 2 is 1.84 bits per heavy atom. The van der Waals surface area contributed by atoms with Crippen LogP contribution in [0.1, 0.15) is 57.4 Å². The van der Waals surface area contributed by atoms with E-state index in [9.17, 15) is 9.90 Å². The third-order valence-electron chi connectivity index (χ3n) is 3.97. The first kappa shape index (κ1) is 14.1. The highest BCUT2D eigenvalue weighted by Gasteiger charge is 2.40. The van der Waals surface area contributed by atoms with Crippen LogP contribution in [-0.4, -0.2) is 11.0 Å². The van der Waals surface area contributed by atoms with Gasteiger partial charge in [-0.05, 0) is 42.9 Å². The zero-order valence-electron chi connectivity index (χ0n) is 12.6. The molecule has 0 radical (unpaired) electrons. The van der Waals surface area contributed by atoms with Gasteiger partial charge < -0.3 is 10.4 Å². The van der Waals surface area contributed by atoms with Gasteiger partial charge in [-0.15, -0.1) is 0 Å². The fourth-order valence-electron chi connectivity index (χ4n) is 2.52. The van der Waals surface area contributed by atoms with Gasteiger partial charge in [-0.1, -0.05) is 32.9 Å². The van der Waals surface area contributed by atoms with E-state index in [4.69, 9.17) is 0 Å². The SMILES string of the molecule is Cc1cc(C(O)C(C)(C)C)cc2c1NC(=O)C2(C)C. The molecule has 1 unspecified atom stereocenters. The molecule has 2 N–H and O–H groups in total. The molecule has 0 fully saturated rings. The highest BCUT2D eigenvalue weighted by atomic mass is 16.3. The Balaban J connectivity index is 2.57. The molecule has 1 aliphatic heterocycles. The Hall–Kier alpha value is -1.35. The molecule has 2 rings (SSSR count). The predicted molar refractivity (Wildman–Crippen MR) is 77.2 cm³/mol. The molecule has 0 spiro atoms. The summed E-state index contributed by atoms with van der Waals surface area (Å²) < 4.78 is 0. The van der Waals surface area contributed by atoms with E-state index in [0.717, 1.165) is 22.4 Å². The number of aliphatic hydroxyl groups excluding tert-OH is 1. The quantitative estimate of drug-likeness (QED) is 0.815. The minimum atomic E-state index is -0.539. The largest absolute Gasteiger partial charge is 0.388 e. The Labute approximate surface area is 115 Å². The van der Waals surface area contributed by atoms with Crippen molar-refractivity contribution in [1.82, 2.24) is 0 Å². The van der Waals surface area contributed by atoms with Crippen molar-refractivity contribution in [3.63, 3.8) is 0 Å². The second-order valence-corrected chi connectivity index (χ2v) is 7.11. The van der Waals surface area contributed by atoms with E-state index in [1.54, 1.807) is 0 Å². The maximum Gasteiger partial charge on any atom is 0.234 e. The molecule has 0 saturated heterocycles. The lowest BCUT2D eigenvalue weighted by atomic mass is 9.80. The van der Waals surface area contributed by atoms with Gasteiger partial charge in [0.15, 0.2) is 0 Å². The second kappa shape index (κ2) is 4.07. The number of anilines is 1. The number of carbonyl (C=O) groups is 1. The zero-order chi connectivity index (χ0) is 14.6. The van der Waals surface area contributed by atoms with E-state index in [2.05, 4.69) is 5.32 Å². The fourth-order valence-corrected chi connectivity index (χ4v) is 2.52. The third-order valence-corrected chi connectivity index (χ3v) is 3.97. The van der Waals surface area contributed by atoms with Crippen LogP contribution in [0.4, 0.5) is 5.69 Å². The zero-order valence-corrected chi connectivity index (χ0v) is 12.6. The smallest absolute Gasteiger partial charge is 0.234 e. The van der Waals surface area contributed by atoms with Crippen LogP contribution in [0.3, 0.4) is 0 Å². The lowest BCUT2D eigenvalue weighted by Gasteiger charge is -2.27. The average Bonchev–Trinajstić information content (AvgIpc) is 2.50. The number of fused-ring (bicyclic) bond motifs is 1. The molecular weight excluding hydrogens is 238 g/mol. The van der Waals surface area contributed by atoms with Crippen molar-refractivity contribution < 1.29 is 9.90 Å². The number of benzene rings is 1. The number of hydrogen-bond donors (Lipinski definition) is 2. The van der Waals surface area contributed by atoms with Crippen LogP contribution in [0, 0.1) is 12.3 Å². The molecule has 0 saturated carbocycles. The van der Waals surface area contributed by atoms with Gasteiger partial charge in [0.2, 0.25) is 5.91 Å².